The van der Waals surface area contributed by atoms with Crippen LogP contribution in [0.4, 0.5) is 0 Å². The van der Waals surface area contributed by atoms with Crippen molar-refractivity contribution in [2.24, 2.45) is 29.4 Å². The number of nitrogens with one attached hydrogen (secondary N) is 1. The second-order valence-corrected chi connectivity index (χ2v) is 8.97. The maximum Gasteiger partial charge on any atom is 0.226 e. The van der Waals surface area contributed by atoms with Crippen LogP contribution in [0.2, 0.25) is 0 Å². The van der Waals surface area contributed by atoms with E-state index in [0.29, 0.717) is 18.5 Å². The Morgan fingerprint density at radius 3 is 2.68 bits per heavy atom. The molecule has 0 aromatic rings. The van der Waals surface area contributed by atoms with Crippen LogP contribution in [0.5, 0.6) is 0 Å². The number of methoxy groups -OCH3 is 1. The fourth-order valence-electron chi connectivity index (χ4n) is 6.76. The number of Topliss-reactive ketones (excluding diaryl/α,β-unsaturated/α-hetero) is 2. The minimum Gasteiger partial charge on any atom is -0.492 e. The number of rotatable bonds is 4. The average Bonchev–Trinajstić information content (AvgIpc) is 3.02. The van der Waals surface area contributed by atoms with E-state index in [1.807, 2.05) is 13.1 Å². The van der Waals surface area contributed by atoms with Gasteiger partial charge in [0.1, 0.15) is 6.23 Å². The Balaban J connectivity index is 1.80. The first-order valence-electron chi connectivity index (χ1n) is 10.6. The molecule has 2 aliphatic heterocycles. The predicted molar refractivity (Wildman–Crippen MR) is 107 cm³/mol. The Morgan fingerprint density at radius 1 is 1.32 bits per heavy atom. The third kappa shape index (κ3) is 2.42. The number of carbonyl (C=O) groups excluding carboxylic acids is 2. The van der Waals surface area contributed by atoms with Crippen LogP contribution < -0.4 is 11.2 Å². The number of hydroxylamine groups is 1. The van der Waals surface area contributed by atoms with E-state index in [0.717, 1.165) is 5.57 Å². The highest BCUT2D eigenvalue weighted by Gasteiger charge is 2.66. The summed E-state index contributed by atoms with van der Waals surface area (Å²) in [6.07, 6.45) is 1.91. The number of nitrogens with two attached hydrogens (primary N) is 1. The molecule has 0 spiro atoms. The van der Waals surface area contributed by atoms with Crippen LogP contribution in [0.3, 0.4) is 0 Å². The third-order valence-corrected chi connectivity index (χ3v) is 7.83. The van der Waals surface area contributed by atoms with Crippen molar-refractivity contribution >= 4 is 11.6 Å². The Bertz CT molecular complexity index is 1010. The first-order chi connectivity index (χ1) is 14.9. The minimum atomic E-state index is -0.867. The molecule has 0 unspecified atom stereocenters. The van der Waals surface area contributed by atoms with Gasteiger partial charge in [0, 0.05) is 34.6 Å². The zero-order valence-electron chi connectivity index (χ0n) is 17.7. The van der Waals surface area contributed by atoms with Gasteiger partial charge in [-0.2, -0.15) is 10.7 Å². The largest absolute Gasteiger partial charge is 0.492 e. The second kappa shape index (κ2) is 7.08. The Kier molecular flexibility index (Phi) is 4.70. The van der Waals surface area contributed by atoms with Crippen LogP contribution in [0, 0.1) is 35.0 Å². The Hall–Kier alpha value is -2.35. The number of nitriles is 1. The highest BCUT2D eigenvalue weighted by atomic mass is 16.5. The molecule has 8 atom stereocenters. The van der Waals surface area contributed by atoms with Crippen molar-refractivity contribution in [1.82, 2.24) is 10.4 Å². The molecule has 2 bridgehead atoms. The molecular formula is C22H26N4O5. The van der Waals surface area contributed by atoms with Gasteiger partial charge in [-0.15, -0.1) is 0 Å². The summed E-state index contributed by atoms with van der Waals surface area (Å²) in [5.41, 5.74) is 10.0. The number of likely N-dealkylation sites (N-methyl/N-ethyl adjacent to an activating group) is 1. The molecule has 2 heterocycles. The van der Waals surface area contributed by atoms with Gasteiger partial charge >= 0.3 is 0 Å². The maximum absolute atomic E-state index is 13.6. The first kappa shape index (κ1) is 20.5. The number of ether oxygens (including phenoxy) is 2. The molecule has 0 amide bonds. The van der Waals surface area contributed by atoms with E-state index in [-0.39, 0.29) is 46.7 Å². The maximum atomic E-state index is 13.6. The van der Waals surface area contributed by atoms with Gasteiger partial charge < -0.3 is 20.4 Å². The van der Waals surface area contributed by atoms with Crippen LogP contribution in [0.1, 0.15) is 13.3 Å². The number of fused-ring (bicyclic) bond motifs is 2. The van der Waals surface area contributed by atoms with E-state index in [4.69, 9.17) is 15.2 Å². The van der Waals surface area contributed by atoms with Crippen LogP contribution >= 0.6 is 0 Å². The zero-order valence-corrected chi connectivity index (χ0v) is 17.7. The van der Waals surface area contributed by atoms with E-state index in [2.05, 4.69) is 16.4 Å². The molecule has 2 saturated heterocycles. The van der Waals surface area contributed by atoms with Crippen molar-refractivity contribution in [2.45, 2.75) is 37.8 Å². The monoisotopic (exact) mass is 426 g/mol. The molecular weight excluding hydrogens is 400 g/mol. The van der Waals surface area contributed by atoms with Gasteiger partial charge in [-0.05, 0) is 32.9 Å². The van der Waals surface area contributed by atoms with E-state index in [1.54, 1.807) is 6.92 Å². The summed E-state index contributed by atoms with van der Waals surface area (Å²) in [6.45, 7) is 1.98. The van der Waals surface area contributed by atoms with Gasteiger partial charge in [-0.25, -0.2) is 0 Å². The predicted octanol–water partition coefficient (Wildman–Crippen LogP) is 0.0323. The SMILES string of the molecule is COC1=C(C)C(=O)C2=C(C1=O)[C@H](NO)[C@@H]1[C@@H](C#N)[C@H]3O[C@H]4C=C(CCN)[C@@H]2[C@@H]1[C@H]4N3C. The van der Waals surface area contributed by atoms with Gasteiger partial charge in [-0.1, -0.05) is 11.6 Å². The molecule has 0 aromatic heterocycles. The smallest absolute Gasteiger partial charge is 0.226 e. The number of carbonyl (C=O) groups is 2. The van der Waals surface area contributed by atoms with Gasteiger partial charge in [0.2, 0.25) is 5.78 Å². The van der Waals surface area contributed by atoms with E-state index < -0.39 is 29.9 Å². The van der Waals surface area contributed by atoms with E-state index in [1.165, 1.54) is 7.11 Å². The molecule has 0 aromatic carbocycles. The molecule has 0 saturated carbocycles. The summed E-state index contributed by atoms with van der Waals surface area (Å²) in [4.78, 5) is 29.1. The minimum absolute atomic E-state index is 0.0128. The van der Waals surface area contributed by atoms with Crippen molar-refractivity contribution in [1.29, 1.82) is 5.26 Å². The van der Waals surface area contributed by atoms with Crippen molar-refractivity contribution in [3.63, 3.8) is 0 Å². The summed E-state index contributed by atoms with van der Waals surface area (Å²) in [6, 6.07) is 1.44. The number of nitrogens with zero attached hydrogens (tertiary/aromatic N) is 2. The normalized spacial score (nSPS) is 41.2. The topological polar surface area (TPSA) is 138 Å². The standard InChI is InChI=1S/C22H26N4O5/c1-8-19(27)15-12-9(4-5-23)6-11-18-14(12)13(10(7-24)22(31-11)26(18)2)17(25-29)16(15)20(28)21(8)30-3/h6,10-14,17-18,22,25,29H,4-5,23H2,1-3H3/t10-,11+,12-,13-,14+,17-,18+,22-/m1/s1. The summed E-state index contributed by atoms with van der Waals surface area (Å²) in [5.74, 6) is -2.23. The summed E-state index contributed by atoms with van der Waals surface area (Å²) >= 11 is 0. The average molecular weight is 426 g/mol. The molecule has 9 heteroatoms. The fourth-order valence-corrected chi connectivity index (χ4v) is 6.76. The summed E-state index contributed by atoms with van der Waals surface area (Å²) < 4.78 is 11.5. The summed E-state index contributed by atoms with van der Waals surface area (Å²) in [5, 5.41) is 20.3. The molecule has 3 aliphatic carbocycles. The Morgan fingerprint density at radius 2 is 2.06 bits per heavy atom. The number of ketones is 2. The van der Waals surface area contributed by atoms with Gasteiger partial charge in [0.15, 0.2) is 11.5 Å². The fraction of sp³-hybridized carbons (Fsp3) is 0.591. The lowest BCUT2D eigenvalue weighted by Gasteiger charge is -2.55. The van der Waals surface area contributed by atoms with Crippen molar-refractivity contribution in [2.75, 3.05) is 20.7 Å². The first-order valence-corrected chi connectivity index (χ1v) is 10.6. The van der Waals surface area contributed by atoms with Gasteiger partial charge in [0.25, 0.3) is 0 Å². The molecule has 2 fully saturated rings. The Labute approximate surface area is 180 Å². The highest BCUT2D eigenvalue weighted by Crippen LogP contribution is 2.59. The number of hydrogen-bond donors (Lipinski definition) is 3. The number of allylic oxidation sites excluding steroid dienone is 3. The lowest BCUT2D eigenvalue weighted by Crippen LogP contribution is -2.65. The molecule has 5 aliphatic rings. The van der Waals surface area contributed by atoms with Crippen molar-refractivity contribution in [3.05, 3.63) is 34.1 Å². The molecule has 4 N–H and O–H groups in total. The van der Waals surface area contributed by atoms with Crippen LogP contribution in [-0.2, 0) is 19.1 Å². The zero-order chi connectivity index (χ0) is 22.2. The van der Waals surface area contributed by atoms with E-state index >= 15 is 0 Å². The van der Waals surface area contributed by atoms with Crippen LogP contribution in [-0.4, -0.2) is 66.8 Å². The second-order valence-electron chi connectivity index (χ2n) is 8.97. The molecule has 5 rings (SSSR count). The lowest BCUT2D eigenvalue weighted by molar-refractivity contribution is -0.123. The summed E-state index contributed by atoms with van der Waals surface area (Å²) in [7, 11) is 3.29. The van der Waals surface area contributed by atoms with Crippen molar-refractivity contribution < 1.29 is 24.3 Å². The number of hydrogen-bond acceptors (Lipinski definition) is 9. The number of piperidine rings is 1. The molecule has 164 valence electrons. The third-order valence-electron chi connectivity index (χ3n) is 7.83. The molecule has 0 radical (unpaired) electrons. The van der Waals surface area contributed by atoms with Crippen molar-refractivity contribution in [3.8, 4) is 6.07 Å². The molecule has 9 nitrogen and oxygen atoms in total. The lowest BCUT2D eigenvalue weighted by atomic mass is 9.52. The van der Waals surface area contributed by atoms with Crippen LogP contribution in [0.15, 0.2) is 34.1 Å². The quantitative estimate of drug-likeness (QED) is 0.323. The van der Waals surface area contributed by atoms with Gasteiger partial charge in [-0.3, -0.25) is 14.5 Å². The van der Waals surface area contributed by atoms with Gasteiger partial charge in [0.05, 0.1) is 31.2 Å². The highest BCUT2D eigenvalue weighted by molar-refractivity contribution is 6.25. The molecule has 31 heavy (non-hydrogen) atoms. The van der Waals surface area contributed by atoms with Crippen LogP contribution in [0.25, 0.3) is 0 Å². The van der Waals surface area contributed by atoms with E-state index in [9.17, 15) is 20.1 Å².